The fourth-order valence-electron chi connectivity index (χ4n) is 1.81. The Hall–Kier alpha value is -1.75. The van der Waals surface area contributed by atoms with Crippen LogP contribution in [0.4, 0.5) is 0 Å². The van der Waals surface area contributed by atoms with E-state index >= 15 is 0 Å². The highest BCUT2D eigenvalue weighted by molar-refractivity contribution is 5.76. The average Bonchev–Trinajstić information content (AvgIpc) is 2.35. The third-order valence-corrected chi connectivity index (χ3v) is 2.63. The fourth-order valence-corrected chi connectivity index (χ4v) is 1.81. The van der Waals surface area contributed by atoms with Crippen LogP contribution in [0.1, 0.15) is 24.9 Å². The molecule has 0 fully saturated rings. The van der Waals surface area contributed by atoms with Gasteiger partial charge in [-0.15, -0.1) is 0 Å². The van der Waals surface area contributed by atoms with Gasteiger partial charge >= 0.3 is 0 Å². The number of nitrogens with two attached hydrogens (primary N) is 1. The van der Waals surface area contributed by atoms with E-state index in [9.17, 15) is 4.79 Å². The molecule has 1 rings (SSSR count). The van der Waals surface area contributed by atoms with Crippen molar-refractivity contribution in [1.82, 2.24) is 0 Å². The number of carbonyl (C=O) groups excluding carboxylic acids is 1. The van der Waals surface area contributed by atoms with E-state index in [1.807, 2.05) is 0 Å². The topological polar surface area (TPSA) is 70.8 Å². The fraction of sp³-hybridized carbons (Fsp3) is 0.462. The molecule has 0 aliphatic heterocycles. The predicted octanol–water partition coefficient (Wildman–Crippen LogP) is 1.69. The van der Waals surface area contributed by atoms with Gasteiger partial charge < -0.3 is 19.9 Å². The van der Waals surface area contributed by atoms with Crippen molar-refractivity contribution in [2.75, 3.05) is 21.3 Å². The Labute approximate surface area is 107 Å². The smallest absolute Gasteiger partial charge is 0.131 e. The van der Waals surface area contributed by atoms with Gasteiger partial charge in [0.25, 0.3) is 0 Å². The van der Waals surface area contributed by atoms with Crippen LogP contribution in [0.5, 0.6) is 17.2 Å². The summed E-state index contributed by atoms with van der Waals surface area (Å²) >= 11 is 0. The summed E-state index contributed by atoms with van der Waals surface area (Å²) in [6, 6.07) is 2.98. The maximum Gasteiger partial charge on any atom is 0.131 e. The van der Waals surface area contributed by atoms with Crippen molar-refractivity contribution in [3.63, 3.8) is 0 Å². The van der Waals surface area contributed by atoms with E-state index < -0.39 is 6.04 Å². The van der Waals surface area contributed by atoms with Crippen LogP contribution < -0.4 is 19.9 Å². The van der Waals surface area contributed by atoms with E-state index in [0.29, 0.717) is 22.8 Å². The van der Waals surface area contributed by atoms with Crippen molar-refractivity contribution >= 4 is 5.78 Å². The number of ether oxygens (including phenoxy) is 3. The van der Waals surface area contributed by atoms with Crippen molar-refractivity contribution in [2.45, 2.75) is 19.4 Å². The molecule has 1 atom stereocenters. The van der Waals surface area contributed by atoms with E-state index in [2.05, 4.69) is 0 Å². The Morgan fingerprint density at radius 1 is 1.17 bits per heavy atom. The number of rotatable bonds is 6. The van der Waals surface area contributed by atoms with Crippen LogP contribution in [0.3, 0.4) is 0 Å². The zero-order valence-electron chi connectivity index (χ0n) is 11.1. The third kappa shape index (κ3) is 3.13. The summed E-state index contributed by atoms with van der Waals surface area (Å²) in [6.45, 7) is 1.50. The average molecular weight is 253 g/mol. The van der Waals surface area contributed by atoms with Crippen molar-refractivity contribution in [1.29, 1.82) is 0 Å². The summed E-state index contributed by atoms with van der Waals surface area (Å²) in [7, 11) is 4.64. The van der Waals surface area contributed by atoms with Crippen LogP contribution >= 0.6 is 0 Å². The molecule has 5 nitrogen and oxygen atoms in total. The molecule has 0 spiro atoms. The van der Waals surface area contributed by atoms with Gasteiger partial charge in [-0.2, -0.15) is 0 Å². The molecular formula is C13H19NO4. The molecule has 0 saturated carbocycles. The van der Waals surface area contributed by atoms with E-state index in [1.165, 1.54) is 21.1 Å². The number of hydrogen-bond acceptors (Lipinski definition) is 5. The van der Waals surface area contributed by atoms with Gasteiger partial charge in [0, 0.05) is 24.6 Å². The second kappa shape index (κ2) is 6.26. The molecule has 0 heterocycles. The van der Waals surface area contributed by atoms with Crippen LogP contribution in [-0.4, -0.2) is 27.1 Å². The SMILES string of the molecule is COc1cc(OC)c(C(N)CC(C)=O)c(OC)c1. The van der Waals surface area contributed by atoms with Crippen LogP contribution in [0, 0.1) is 0 Å². The molecule has 0 saturated heterocycles. The number of ketones is 1. The molecule has 1 aromatic carbocycles. The van der Waals surface area contributed by atoms with Gasteiger partial charge in [-0.25, -0.2) is 0 Å². The van der Waals surface area contributed by atoms with Gasteiger partial charge in [0.2, 0.25) is 0 Å². The number of carbonyl (C=O) groups is 1. The van der Waals surface area contributed by atoms with Gasteiger partial charge in [-0.05, 0) is 6.92 Å². The first-order valence-corrected chi connectivity index (χ1v) is 5.58. The summed E-state index contributed by atoms with van der Waals surface area (Å²) in [6.07, 6.45) is 0.235. The van der Waals surface area contributed by atoms with Crippen molar-refractivity contribution in [3.8, 4) is 17.2 Å². The number of benzene rings is 1. The third-order valence-electron chi connectivity index (χ3n) is 2.63. The van der Waals surface area contributed by atoms with Gasteiger partial charge in [0.1, 0.15) is 23.0 Å². The van der Waals surface area contributed by atoms with Gasteiger partial charge in [0.05, 0.1) is 26.9 Å². The van der Waals surface area contributed by atoms with Crippen molar-refractivity contribution < 1.29 is 19.0 Å². The number of hydrogen-bond donors (Lipinski definition) is 1. The van der Waals surface area contributed by atoms with Gasteiger partial charge in [-0.1, -0.05) is 0 Å². The highest BCUT2D eigenvalue weighted by atomic mass is 16.5. The second-order valence-corrected chi connectivity index (χ2v) is 3.96. The second-order valence-electron chi connectivity index (χ2n) is 3.96. The van der Waals surface area contributed by atoms with Crippen LogP contribution in [0.15, 0.2) is 12.1 Å². The summed E-state index contributed by atoms with van der Waals surface area (Å²) < 4.78 is 15.7. The number of methoxy groups -OCH3 is 3. The van der Waals surface area contributed by atoms with Gasteiger partial charge in [-0.3, -0.25) is 4.79 Å². The maximum atomic E-state index is 11.2. The molecule has 0 radical (unpaired) electrons. The quantitative estimate of drug-likeness (QED) is 0.835. The molecule has 100 valence electrons. The van der Waals surface area contributed by atoms with Crippen LogP contribution in [0.25, 0.3) is 0 Å². The lowest BCUT2D eigenvalue weighted by Gasteiger charge is -2.19. The van der Waals surface area contributed by atoms with E-state index in [1.54, 1.807) is 19.2 Å². The highest BCUT2D eigenvalue weighted by Gasteiger charge is 2.20. The van der Waals surface area contributed by atoms with Crippen molar-refractivity contribution in [2.24, 2.45) is 5.73 Å². The van der Waals surface area contributed by atoms with E-state index in [0.717, 1.165) is 0 Å². The van der Waals surface area contributed by atoms with Crippen LogP contribution in [-0.2, 0) is 4.79 Å². The van der Waals surface area contributed by atoms with E-state index in [4.69, 9.17) is 19.9 Å². The first-order valence-electron chi connectivity index (χ1n) is 5.58. The molecular weight excluding hydrogens is 234 g/mol. The molecule has 2 N–H and O–H groups in total. The Bertz CT molecular complexity index is 406. The molecule has 0 aliphatic carbocycles. The normalized spacial score (nSPS) is 11.8. The molecule has 0 aromatic heterocycles. The number of Topliss-reactive ketones (excluding diaryl/α,β-unsaturated/α-hetero) is 1. The summed E-state index contributed by atoms with van der Waals surface area (Å²) in [5.74, 6) is 1.74. The molecule has 18 heavy (non-hydrogen) atoms. The minimum Gasteiger partial charge on any atom is -0.496 e. The Balaban J connectivity index is 3.25. The highest BCUT2D eigenvalue weighted by Crippen LogP contribution is 2.38. The largest absolute Gasteiger partial charge is 0.496 e. The first-order chi connectivity index (χ1) is 8.53. The Morgan fingerprint density at radius 3 is 2.00 bits per heavy atom. The molecule has 5 heteroatoms. The predicted molar refractivity (Wildman–Crippen MR) is 68.3 cm³/mol. The summed E-state index contributed by atoms with van der Waals surface area (Å²) in [5, 5.41) is 0. The Kier molecular flexibility index (Phi) is 4.97. The lowest BCUT2D eigenvalue weighted by molar-refractivity contribution is -0.117. The molecule has 1 aromatic rings. The monoisotopic (exact) mass is 253 g/mol. The standard InChI is InChI=1S/C13H19NO4/c1-8(15)5-10(14)13-11(17-3)6-9(16-2)7-12(13)18-4/h6-7,10H,5,14H2,1-4H3. The maximum absolute atomic E-state index is 11.2. The minimum atomic E-state index is -0.460. The lowest BCUT2D eigenvalue weighted by atomic mass is 10.00. The van der Waals surface area contributed by atoms with E-state index in [-0.39, 0.29) is 12.2 Å². The van der Waals surface area contributed by atoms with Gasteiger partial charge in [0.15, 0.2) is 0 Å². The minimum absolute atomic E-state index is 0.0161. The molecule has 0 aliphatic rings. The lowest BCUT2D eigenvalue weighted by Crippen LogP contribution is -2.16. The molecule has 1 unspecified atom stereocenters. The zero-order chi connectivity index (χ0) is 13.7. The van der Waals surface area contributed by atoms with Crippen molar-refractivity contribution in [3.05, 3.63) is 17.7 Å². The summed E-state index contributed by atoms with van der Waals surface area (Å²) in [4.78, 5) is 11.2. The first kappa shape index (κ1) is 14.3. The zero-order valence-corrected chi connectivity index (χ0v) is 11.1. The summed E-state index contributed by atoms with van der Waals surface area (Å²) in [5.41, 5.74) is 6.70. The molecule has 0 amide bonds. The Morgan fingerprint density at radius 2 is 1.67 bits per heavy atom. The van der Waals surface area contributed by atoms with Crippen LogP contribution in [0.2, 0.25) is 0 Å². The molecule has 0 bridgehead atoms.